The lowest BCUT2D eigenvalue weighted by atomic mass is 9.96. The molecule has 1 heterocycles. The third-order valence-corrected chi connectivity index (χ3v) is 3.12. The van der Waals surface area contributed by atoms with Gasteiger partial charge in [0, 0.05) is 11.6 Å². The van der Waals surface area contributed by atoms with Crippen LogP contribution in [0.3, 0.4) is 0 Å². The zero-order valence-electron chi connectivity index (χ0n) is 10.4. The van der Waals surface area contributed by atoms with Crippen molar-refractivity contribution in [3.8, 4) is 11.5 Å². The standard InChI is InChI=1S/C13H19NO2.ClH/c1-15-10-6-7-13(16-2)11(9-10)12-5-3-4-8-14-12;/h6-7,9,12,14H,3-5,8H2,1-2H3;1H/t12-;/m0./s1. The maximum atomic E-state index is 5.40. The van der Waals surface area contributed by atoms with Crippen molar-refractivity contribution in [2.45, 2.75) is 25.3 Å². The van der Waals surface area contributed by atoms with Crippen LogP contribution in [0.15, 0.2) is 18.2 Å². The Morgan fingerprint density at radius 2 is 2.00 bits per heavy atom. The normalized spacial score (nSPS) is 19.3. The number of hydrogen-bond acceptors (Lipinski definition) is 3. The SMILES string of the molecule is COc1ccc(OC)c([C@@H]2CCCCN2)c1.Cl. The van der Waals surface area contributed by atoms with Gasteiger partial charge in [-0.15, -0.1) is 12.4 Å². The molecule has 1 aliphatic heterocycles. The van der Waals surface area contributed by atoms with Crippen molar-refractivity contribution in [3.63, 3.8) is 0 Å². The summed E-state index contributed by atoms with van der Waals surface area (Å²) in [5.41, 5.74) is 1.21. The minimum atomic E-state index is 0. The second kappa shape index (κ2) is 6.72. The Kier molecular flexibility index (Phi) is 5.59. The lowest BCUT2D eigenvalue weighted by Crippen LogP contribution is -2.27. The van der Waals surface area contributed by atoms with Crippen LogP contribution in [0, 0.1) is 0 Å². The van der Waals surface area contributed by atoms with Gasteiger partial charge in [-0.1, -0.05) is 6.42 Å². The smallest absolute Gasteiger partial charge is 0.123 e. The highest BCUT2D eigenvalue weighted by Gasteiger charge is 2.18. The average Bonchev–Trinajstić information content (AvgIpc) is 2.39. The molecule has 4 heteroatoms. The van der Waals surface area contributed by atoms with Crippen LogP contribution in [0.25, 0.3) is 0 Å². The molecule has 0 spiro atoms. The number of halogens is 1. The van der Waals surface area contributed by atoms with Crippen molar-refractivity contribution in [1.82, 2.24) is 5.32 Å². The Bertz CT molecular complexity index is 351. The molecule has 0 saturated carbocycles. The molecule has 3 nitrogen and oxygen atoms in total. The zero-order valence-corrected chi connectivity index (χ0v) is 11.2. The van der Waals surface area contributed by atoms with E-state index in [1.165, 1.54) is 24.8 Å². The number of methoxy groups -OCH3 is 2. The molecule has 1 saturated heterocycles. The summed E-state index contributed by atoms with van der Waals surface area (Å²) in [6, 6.07) is 6.39. The fourth-order valence-corrected chi connectivity index (χ4v) is 2.23. The molecule has 1 N–H and O–H groups in total. The first kappa shape index (κ1) is 14.1. The first-order valence-corrected chi connectivity index (χ1v) is 5.80. The second-order valence-corrected chi connectivity index (χ2v) is 4.11. The van der Waals surface area contributed by atoms with E-state index >= 15 is 0 Å². The molecular formula is C13H20ClNO2. The van der Waals surface area contributed by atoms with Gasteiger partial charge in [0.15, 0.2) is 0 Å². The van der Waals surface area contributed by atoms with Crippen molar-refractivity contribution in [1.29, 1.82) is 0 Å². The molecule has 1 aliphatic rings. The molecule has 1 aromatic carbocycles. The second-order valence-electron chi connectivity index (χ2n) is 4.11. The van der Waals surface area contributed by atoms with Crippen molar-refractivity contribution in [2.75, 3.05) is 20.8 Å². The first-order valence-electron chi connectivity index (χ1n) is 5.80. The van der Waals surface area contributed by atoms with E-state index in [1.807, 2.05) is 12.1 Å². The molecule has 1 fully saturated rings. The van der Waals surface area contributed by atoms with Crippen molar-refractivity contribution in [3.05, 3.63) is 23.8 Å². The van der Waals surface area contributed by atoms with E-state index in [1.54, 1.807) is 14.2 Å². The average molecular weight is 258 g/mol. The quantitative estimate of drug-likeness (QED) is 0.903. The highest BCUT2D eigenvalue weighted by molar-refractivity contribution is 5.85. The minimum Gasteiger partial charge on any atom is -0.497 e. The summed E-state index contributed by atoms with van der Waals surface area (Å²) in [7, 11) is 3.41. The Morgan fingerprint density at radius 3 is 2.59 bits per heavy atom. The molecule has 0 aromatic heterocycles. The van der Waals surface area contributed by atoms with Crippen LogP contribution in [0.4, 0.5) is 0 Å². The van der Waals surface area contributed by atoms with Crippen molar-refractivity contribution < 1.29 is 9.47 Å². The summed E-state index contributed by atoms with van der Waals surface area (Å²) in [6.07, 6.45) is 3.71. The van der Waals surface area contributed by atoms with Gasteiger partial charge in [0.1, 0.15) is 11.5 Å². The van der Waals surface area contributed by atoms with Gasteiger partial charge in [-0.25, -0.2) is 0 Å². The van der Waals surface area contributed by atoms with E-state index in [0.29, 0.717) is 6.04 Å². The summed E-state index contributed by atoms with van der Waals surface area (Å²) >= 11 is 0. The monoisotopic (exact) mass is 257 g/mol. The molecule has 0 unspecified atom stereocenters. The number of hydrogen-bond donors (Lipinski definition) is 1. The number of rotatable bonds is 3. The van der Waals surface area contributed by atoms with Gasteiger partial charge in [0.25, 0.3) is 0 Å². The van der Waals surface area contributed by atoms with Gasteiger partial charge in [-0.3, -0.25) is 0 Å². The molecule has 17 heavy (non-hydrogen) atoms. The first-order chi connectivity index (χ1) is 7.85. The summed E-state index contributed by atoms with van der Waals surface area (Å²) in [5, 5.41) is 3.53. The third-order valence-electron chi connectivity index (χ3n) is 3.12. The maximum Gasteiger partial charge on any atom is 0.123 e. The van der Waals surface area contributed by atoms with Crippen LogP contribution in [-0.2, 0) is 0 Å². The highest BCUT2D eigenvalue weighted by Crippen LogP contribution is 2.33. The molecule has 96 valence electrons. The molecule has 0 bridgehead atoms. The van der Waals surface area contributed by atoms with Crippen LogP contribution < -0.4 is 14.8 Å². The minimum absolute atomic E-state index is 0. The molecular weight excluding hydrogens is 238 g/mol. The molecule has 0 amide bonds. The van der Waals surface area contributed by atoms with Gasteiger partial charge in [-0.2, -0.15) is 0 Å². The van der Waals surface area contributed by atoms with Crippen molar-refractivity contribution in [2.24, 2.45) is 0 Å². The fraction of sp³-hybridized carbons (Fsp3) is 0.538. The summed E-state index contributed by atoms with van der Waals surface area (Å²) in [5.74, 6) is 1.84. The van der Waals surface area contributed by atoms with Crippen LogP contribution in [0.2, 0.25) is 0 Å². The summed E-state index contributed by atoms with van der Waals surface area (Å²) in [6.45, 7) is 1.09. The van der Waals surface area contributed by atoms with E-state index in [9.17, 15) is 0 Å². The molecule has 2 rings (SSSR count). The molecule has 0 radical (unpaired) electrons. The van der Waals surface area contributed by atoms with Crippen LogP contribution >= 0.6 is 12.4 Å². The lowest BCUT2D eigenvalue weighted by Gasteiger charge is -2.25. The van der Waals surface area contributed by atoms with E-state index < -0.39 is 0 Å². The predicted molar refractivity (Wildman–Crippen MR) is 71.4 cm³/mol. The van der Waals surface area contributed by atoms with Crippen LogP contribution in [0.1, 0.15) is 30.9 Å². The van der Waals surface area contributed by atoms with Gasteiger partial charge in [0.05, 0.1) is 14.2 Å². The van der Waals surface area contributed by atoms with Gasteiger partial charge in [0.2, 0.25) is 0 Å². The number of ether oxygens (including phenoxy) is 2. The molecule has 1 aromatic rings. The number of piperidine rings is 1. The Morgan fingerprint density at radius 1 is 1.18 bits per heavy atom. The zero-order chi connectivity index (χ0) is 11.4. The van der Waals surface area contributed by atoms with Crippen LogP contribution in [0.5, 0.6) is 11.5 Å². The highest BCUT2D eigenvalue weighted by atomic mass is 35.5. The summed E-state index contributed by atoms with van der Waals surface area (Å²) < 4.78 is 10.7. The summed E-state index contributed by atoms with van der Waals surface area (Å²) in [4.78, 5) is 0. The topological polar surface area (TPSA) is 30.5 Å². The Hall–Kier alpha value is -0.930. The van der Waals surface area contributed by atoms with Crippen molar-refractivity contribution >= 4 is 12.4 Å². The number of benzene rings is 1. The fourth-order valence-electron chi connectivity index (χ4n) is 2.23. The maximum absolute atomic E-state index is 5.40. The van der Waals surface area contributed by atoms with Crippen LogP contribution in [-0.4, -0.2) is 20.8 Å². The molecule has 0 aliphatic carbocycles. The number of nitrogens with one attached hydrogen (secondary N) is 1. The third kappa shape index (κ3) is 3.27. The van der Waals surface area contributed by atoms with Gasteiger partial charge < -0.3 is 14.8 Å². The lowest BCUT2D eigenvalue weighted by molar-refractivity contribution is 0.368. The van der Waals surface area contributed by atoms with Gasteiger partial charge >= 0.3 is 0 Å². The van der Waals surface area contributed by atoms with E-state index in [0.717, 1.165) is 18.0 Å². The molecule has 1 atom stereocenters. The van der Waals surface area contributed by atoms with Gasteiger partial charge in [-0.05, 0) is 37.6 Å². The van der Waals surface area contributed by atoms with E-state index in [4.69, 9.17) is 9.47 Å². The van der Waals surface area contributed by atoms with E-state index in [-0.39, 0.29) is 12.4 Å². The Labute approximate surface area is 109 Å². The Balaban J connectivity index is 0.00000144. The largest absolute Gasteiger partial charge is 0.497 e. The van der Waals surface area contributed by atoms with E-state index in [2.05, 4.69) is 11.4 Å². The predicted octanol–water partition coefficient (Wildman–Crippen LogP) is 2.94.